The zero-order valence-electron chi connectivity index (χ0n) is 15.2. The van der Waals surface area contributed by atoms with E-state index in [0.29, 0.717) is 11.5 Å². The molecule has 0 spiro atoms. The van der Waals surface area contributed by atoms with Crippen LogP contribution in [0.2, 0.25) is 0 Å². The Morgan fingerprint density at radius 2 is 1.89 bits per heavy atom. The van der Waals surface area contributed by atoms with E-state index in [-0.39, 0.29) is 24.2 Å². The van der Waals surface area contributed by atoms with Gasteiger partial charge in [0.2, 0.25) is 0 Å². The molecule has 0 bridgehead atoms. The van der Waals surface area contributed by atoms with Crippen LogP contribution in [-0.2, 0) is 9.53 Å². The second-order valence-corrected chi connectivity index (χ2v) is 8.92. The van der Waals surface area contributed by atoms with Crippen LogP contribution in [0, 0.1) is 5.82 Å². The number of rotatable bonds is 9. The fourth-order valence-corrected chi connectivity index (χ4v) is 3.60. The lowest BCUT2D eigenvalue weighted by atomic mass is 10.2. The summed E-state index contributed by atoms with van der Waals surface area (Å²) in [6.45, 7) is 5.28. The maximum atomic E-state index is 14.1. The van der Waals surface area contributed by atoms with Crippen LogP contribution in [0.4, 0.5) is 14.9 Å². The number of carbonyl (C=O) groups is 3. The van der Waals surface area contributed by atoms with Gasteiger partial charge in [-0.3, -0.25) is 19.9 Å². The van der Waals surface area contributed by atoms with Crippen LogP contribution in [0.15, 0.2) is 12.4 Å². The number of pyridine rings is 1. The van der Waals surface area contributed by atoms with Gasteiger partial charge in [0, 0.05) is 18.1 Å². The Morgan fingerprint density at radius 1 is 1.22 bits per heavy atom. The van der Waals surface area contributed by atoms with Gasteiger partial charge in [-0.1, -0.05) is 21.6 Å². The van der Waals surface area contributed by atoms with Gasteiger partial charge in [-0.05, 0) is 20.8 Å². The topological polar surface area (TPSA) is 118 Å². The predicted molar refractivity (Wildman–Crippen MR) is 104 cm³/mol. The van der Waals surface area contributed by atoms with Crippen LogP contribution >= 0.6 is 21.6 Å². The number of ether oxygens (including phenoxy) is 1. The molecule has 27 heavy (non-hydrogen) atoms. The zero-order valence-corrected chi connectivity index (χ0v) is 16.8. The maximum Gasteiger partial charge on any atom is 0.412 e. The molecular formula is C16H22FN3O5S2. The van der Waals surface area contributed by atoms with Gasteiger partial charge < -0.3 is 15.2 Å². The predicted octanol–water partition coefficient (Wildman–Crippen LogP) is 3.15. The fourth-order valence-electron chi connectivity index (χ4n) is 1.72. The molecule has 0 saturated heterocycles. The highest BCUT2D eigenvalue weighted by atomic mass is 33.1. The van der Waals surface area contributed by atoms with Crippen molar-refractivity contribution in [1.82, 2.24) is 10.3 Å². The molecule has 1 aromatic heterocycles. The molecule has 1 aromatic rings. The molecule has 0 radical (unpaired) electrons. The van der Waals surface area contributed by atoms with E-state index in [1.54, 1.807) is 20.8 Å². The number of hydrogen-bond donors (Lipinski definition) is 3. The smallest absolute Gasteiger partial charge is 0.412 e. The molecule has 0 atom stereocenters. The monoisotopic (exact) mass is 419 g/mol. The van der Waals surface area contributed by atoms with Gasteiger partial charge in [0.1, 0.15) is 11.2 Å². The van der Waals surface area contributed by atoms with Crippen molar-refractivity contribution < 1.29 is 28.6 Å². The van der Waals surface area contributed by atoms with Gasteiger partial charge in [0.05, 0.1) is 24.5 Å². The van der Waals surface area contributed by atoms with Crippen molar-refractivity contribution in [3.63, 3.8) is 0 Å². The van der Waals surface area contributed by atoms with Crippen molar-refractivity contribution in [3.05, 3.63) is 23.8 Å². The Morgan fingerprint density at radius 3 is 2.52 bits per heavy atom. The Labute approximate surface area is 164 Å². The summed E-state index contributed by atoms with van der Waals surface area (Å²) in [5, 5.41) is 13.4. The van der Waals surface area contributed by atoms with Gasteiger partial charge >= 0.3 is 12.1 Å². The summed E-state index contributed by atoms with van der Waals surface area (Å²) < 4.78 is 19.1. The summed E-state index contributed by atoms with van der Waals surface area (Å²) in [4.78, 5) is 38.2. The van der Waals surface area contributed by atoms with E-state index in [0.717, 1.165) is 6.20 Å². The maximum absolute atomic E-state index is 14.1. The van der Waals surface area contributed by atoms with Gasteiger partial charge in [0.15, 0.2) is 5.82 Å². The lowest BCUT2D eigenvalue weighted by Crippen LogP contribution is -2.30. The first-order valence-electron chi connectivity index (χ1n) is 7.98. The van der Waals surface area contributed by atoms with E-state index < -0.39 is 29.4 Å². The molecule has 11 heteroatoms. The van der Waals surface area contributed by atoms with E-state index >= 15 is 0 Å². The molecule has 0 fully saturated rings. The normalized spacial score (nSPS) is 11.0. The first-order valence-corrected chi connectivity index (χ1v) is 10.5. The van der Waals surface area contributed by atoms with E-state index in [1.165, 1.54) is 27.8 Å². The van der Waals surface area contributed by atoms with Crippen molar-refractivity contribution in [2.45, 2.75) is 32.8 Å². The number of carbonyl (C=O) groups excluding carboxylic acids is 2. The van der Waals surface area contributed by atoms with E-state index in [4.69, 9.17) is 9.84 Å². The van der Waals surface area contributed by atoms with Gasteiger partial charge in [-0.2, -0.15) is 0 Å². The lowest BCUT2D eigenvalue weighted by Gasteiger charge is -2.20. The summed E-state index contributed by atoms with van der Waals surface area (Å²) in [6.07, 6.45) is 1.28. The molecule has 1 rings (SSSR count). The Hall–Kier alpha value is -2.01. The molecule has 150 valence electrons. The third-order valence-corrected chi connectivity index (χ3v) is 5.12. The molecule has 1 heterocycles. The van der Waals surface area contributed by atoms with Crippen molar-refractivity contribution in [2.75, 3.05) is 23.4 Å². The molecule has 0 saturated carbocycles. The van der Waals surface area contributed by atoms with Crippen LogP contribution in [0.1, 0.15) is 37.6 Å². The van der Waals surface area contributed by atoms with Crippen molar-refractivity contribution in [3.8, 4) is 0 Å². The standard InChI is InChI=1S/C16H22FN3O5S2/c1-16(2,3)25-15(24)20-11-9-18-8-10(17)13(11)14(23)19-5-7-27-26-6-4-12(21)22/h8-9H,4-7H2,1-3H3,(H,19,23)(H,20,24)(H,21,22). The Kier molecular flexibility index (Phi) is 9.36. The molecule has 0 unspecified atom stereocenters. The number of carboxylic acids is 1. The minimum Gasteiger partial charge on any atom is -0.481 e. The lowest BCUT2D eigenvalue weighted by molar-refractivity contribution is -0.136. The van der Waals surface area contributed by atoms with Gasteiger partial charge in [0.25, 0.3) is 5.91 Å². The number of nitrogens with one attached hydrogen (secondary N) is 2. The number of aliphatic carboxylic acids is 1. The highest BCUT2D eigenvalue weighted by Gasteiger charge is 2.21. The van der Waals surface area contributed by atoms with E-state index in [1.807, 2.05) is 0 Å². The first-order chi connectivity index (χ1) is 12.6. The second kappa shape index (κ2) is 11.0. The second-order valence-electron chi connectivity index (χ2n) is 6.21. The number of nitrogens with zero attached hydrogens (tertiary/aromatic N) is 1. The third-order valence-electron chi connectivity index (χ3n) is 2.72. The van der Waals surface area contributed by atoms with Crippen molar-refractivity contribution in [1.29, 1.82) is 0 Å². The van der Waals surface area contributed by atoms with Crippen LogP contribution in [0.5, 0.6) is 0 Å². The average Bonchev–Trinajstić information content (AvgIpc) is 2.51. The van der Waals surface area contributed by atoms with Gasteiger partial charge in [-0.25, -0.2) is 9.18 Å². The summed E-state index contributed by atoms with van der Waals surface area (Å²) in [7, 11) is 2.78. The molecule has 3 N–H and O–H groups in total. The number of halogens is 1. The molecule has 0 aliphatic heterocycles. The summed E-state index contributed by atoms with van der Waals surface area (Å²) in [5.41, 5.74) is -1.17. The summed E-state index contributed by atoms with van der Waals surface area (Å²) in [5.74, 6) is -1.47. The SMILES string of the molecule is CC(C)(C)OC(=O)Nc1cncc(F)c1C(=O)NCCSSCCC(=O)O. The fraction of sp³-hybridized carbons (Fsp3) is 0.500. The van der Waals surface area contributed by atoms with Crippen LogP contribution in [-0.4, -0.2) is 51.7 Å². The number of anilines is 1. The van der Waals surface area contributed by atoms with Crippen LogP contribution < -0.4 is 10.6 Å². The van der Waals surface area contributed by atoms with Crippen molar-refractivity contribution in [2.24, 2.45) is 0 Å². The summed E-state index contributed by atoms with van der Waals surface area (Å²) >= 11 is 0. The first kappa shape index (κ1) is 23.0. The molecule has 0 aliphatic carbocycles. The molecule has 8 nitrogen and oxygen atoms in total. The minimum absolute atomic E-state index is 0.0615. The molecular weight excluding hydrogens is 397 g/mol. The number of hydrogen-bond acceptors (Lipinski definition) is 7. The number of aromatic nitrogens is 1. The van der Waals surface area contributed by atoms with Crippen LogP contribution in [0.3, 0.4) is 0 Å². The third kappa shape index (κ3) is 9.48. The van der Waals surface area contributed by atoms with E-state index in [2.05, 4.69) is 15.6 Å². The quantitative estimate of drug-likeness (QED) is 0.413. The highest BCUT2D eigenvalue weighted by molar-refractivity contribution is 8.76. The zero-order chi connectivity index (χ0) is 20.4. The Bertz CT molecular complexity index is 683. The largest absolute Gasteiger partial charge is 0.481 e. The van der Waals surface area contributed by atoms with Crippen molar-refractivity contribution >= 4 is 45.2 Å². The Balaban J connectivity index is 2.58. The average molecular weight is 420 g/mol. The number of amides is 2. The molecule has 0 aliphatic rings. The number of carboxylic acid groups (broad SMARTS) is 1. The minimum atomic E-state index is -0.871. The van der Waals surface area contributed by atoms with E-state index in [9.17, 15) is 18.8 Å². The van der Waals surface area contributed by atoms with Gasteiger partial charge in [-0.15, -0.1) is 0 Å². The molecule has 2 amide bonds. The van der Waals surface area contributed by atoms with Crippen LogP contribution in [0.25, 0.3) is 0 Å². The highest BCUT2D eigenvalue weighted by Crippen LogP contribution is 2.22. The molecule has 0 aromatic carbocycles. The summed E-state index contributed by atoms with van der Waals surface area (Å²) in [6, 6.07) is 0.